The van der Waals surface area contributed by atoms with Crippen LogP contribution in [0.3, 0.4) is 0 Å². The minimum Gasteiger partial charge on any atom is -0.480 e. The van der Waals surface area contributed by atoms with Crippen LogP contribution < -0.4 is 27.4 Å². The van der Waals surface area contributed by atoms with Crippen molar-refractivity contribution in [1.82, 2.24) is 25.9 Å². The number of nitrogens with zero attached hydrogens (tertiary/aromatic N) is 1. The third-order valence-corrected chi connectivity index (χ3v) is 4.90. The highest BCUT2D eigenvalue weighted by atomic mass is 32.1. The van der Waals surface area contributed by atoms with Crippen molar-refractivity contribution in [2.24, 2.45) is 11.5 Å². The first-order valence-electron chi connectivity index (χ1n) is 10.0. The normalized spacial score (nSPS) is 14.6. The summed E-state index contributed by atoms with van der Waals surface area (Å²) in [6.45, 7) is -0.314. The van der Waals surface area contributed by atoms with Gasteiger partial charge in [0.05, 0.1) is 19.0 Å². The summed E-state index contributed by atoms with van der Waals surface area (Å²) >= 11 is 4.04. The van der Waals surface area contributed by atoms with Crippen molar-refractivity contribution in [3.05, 3.63) is 18.2 Å². The molecule has 0 aliphatic heterocycles. The Labute approximate surface area is 190 Å². The highest BCUT2D eigenvalue weighted by Crippen LogP contribution is 2.02. The quantitative estimate of drug-likeness (QED) is 0.0925. The molecule has 0 saturated carbocycles. The Hall–Kier alpha value is -2.68. The maximum absolute atomic E-state index is 12.5. The van der Waals surface area contributed by atoms with Crippen molar-refractivity contribution < 1.29 is 29.4 Å². The minimum absolute atomic E-state index is 0.0788. The summed E-state index contributed by atoms with van der Waals surface area (Å²) in [5, 5.41) is 25.8. The molecular weight excluding hydrogens is 442 g/mol. The molecule has 1 heterocycles. The van der Waals surface area contributed by atoms with Crippen LogP contribution in [0.5, 0.6) is 0 Å². The SMILES string of the molecule is NCCCCC(N)C(=O)NC(CS)C(=O)NC(CO)C(=O)NC(Cc1cnc[nH]1)C(=O)O. The number of carboxylic acid groups (broad SMARTS) is 1. The van der Waals surface area contributed by atoms with E-state index >= 15 is 0 Å². The first-order valence-corrected chi connectivity index (χ1v) is 10.6. The zero-order chi connectivity index (χ0) is 24.1. The summed E-state index contributed by atoms with van der Waals surface area (Å²) < 4.78 is 0. The van der Waals surface area contributed by atoms with Crippen LogP contribution in [0.25, 0.3) is 0 Å². The van der Waals surface area contributed by atoms with Crippen LogP contribution in [0.4, 0.5) is 0 Å². The number of hydrogen-bond donors (Lipinski definition) is 9. The summed E-state index contributed by atoms with van der Waals surface area (Å²) in [5.41, 5.74) is 11.7. The van der Waals surface area contributed by atoms with Gasteiger partial charge in [0.2, 0.25) is 17.7 Å². The van der Waals surface area contributed by atoms with Gasteiger partial charge in [-0.05, 0) is 19.4 Å². The Morgan fingerprint density at radius 3 is 2.22 bits per heavy atom. The van der Waals surface area contributed by atoms with Gasteiger partial charge in [-0.2, -0.15) is 12.6 Å². The summed E-state index contributed by atoms with van der Waals surface area (Å²) in [5.74, 6) is -3.65. The van der Waals surface area contributed by atoms with E-state index in [1.807, 2.05) is 0 Å². The van der Waals surface area contributed by atoms with Crippen molar-refractivity contribution in [3.63, 3.8) is 0 Å². The third kappa shape index (κ3) is 9.21. The molecule has 0 fully saturated rings. The van der Waals surface area contributed by atoms with Gasteiger partial charge in [-0.1, -0.05) is 6.42 Å². The molecule has 1 aromatic heterocycles. The average Bonchev–Trinajstić information content (AvgIpc) is 3.27. The summed E-state index contributed by atoms with van der Waals surface area (Å²) in [7, 11) is 0. The number of hydrogen-bond acceptors (Lipinski definition) is 9. The Kier molecular flexibility index (Phi) is 12.3. The van der Waals surface area contributed by atoms with E-state index in [-0.39, 0.29) is 12.2 Å². The van der Waals surface area contributed by atoms with Crippen LogP contribution in [-0.4, -0.2) is 86.9 Å². The maximum atomic E-state index is 12.5. The molecule has 13 nitrogen and oxygen atoms in total. The van der Waals surface area contributed by atoms with Crippen molar-refractivity contribution in [2.75, 3.05) is 18.9 Å². The summed E-state index contributed by atoms with van der Waals surface area (Å²) in [4.78, 5) is 55.1. The molecule has 0 bridgehead atoms. The van der Waals surface area contributed by atoms with Gasteiger partial charge in [0, 0.05) is 24.1 Å². The van der Waals surface area contributed by atoms with Gasteiger partial charge in [0.1, 0.15) is 18.1 Å². The number of H-pyrrole nitrogens is 1. The second-order valence-electron chi connectivity index (χ2n) is 7.06. The molecule has 10 N–H and O–H groups in total. The molecule has 0 aliphatic carbocycles. The van der Waals surface area contributed by atoms with Gasteiger partial charge in [0.25, 0.3) is 0 Å². The van der Waals surface area contributed by atoms with Gasteiger partial charge in [-0.3, -0.25) is 14.4 Å². The van der Waals surface area contributed by atoms with Crippen LogP contribution in [0.2, 0.25) is 0 Å². The predicted octanol–water partition coefficient (Wildman–Crippen LogP) is -3.13. The number of carboxylic acids is 1. The summed E-state index contributed by atoms with van der Waals surface area (Å²) in [6, 6.07) is -4.72. The number of aromatic amines is 1. The fraction of sp³-hybridized carbons (Fsp3) is 0.611. The molecule has 0 aromatic carbocycles. The number of unbranched alkanes of at least 4 members (excludes halogenated alkanes) is 1. The molecule has 0 spiro atoms. The van der Waals surface area contributed by atoms with Crippen LogP contribution in [0.15, 0.2) is 12.5 Å². The molecule has 4 unspecified atom stereocenters. The van der Waals surface area contributed by atoms with Crippen molar-refractivity contribution >= 4 is 36.3 Å². The molecule has 180 valence electrons. The van der Waals surface area contributed by atoms with Gasteiger partial charge in [0.15, 0.2) is 0 Å². The Morgan fingerprint density at radius 1 is 1.06 bits per heavy atom. The largest absolute Gasteiger partial charge is 0.480 e. The number of aliphatic hydroxyl groups excluding tert-OH is 1. The number of carbonyl (C=O) groups excluding carboxylic acids is 3. The molecule has 0 saturated heterocycles. The number of carbonyl (C=O) groups is 4. The van der Waals surface area contributed by atoms with E-state index in [1.54, 1.807) is 0 Å². The van der Waals surface area contributed by atoms with Crippen molar-refractivity contribution in [2.45, 2.75) is 49.9 Å². The van der Waals surface area contributed by atoms with E-state index in [0.717, 1.165) is 0 Å². The maximum Gasteiger partial charge on any atom is 0.326 e. The smallest absolute Gasteiger partial charge is 0.326 e. The lowest BCUT2D eigenvalue weighted by atomic mass is 10.1. The molecule has 0 aliphatic rings. The Bertz CT molecular complexity index is 748. The van der Waals surface area contributed by atoms with Gasteiger partial charge < -0.3 is 42.6 Å². The van der Waals surface area contributed by atoms with E-state index in [0.29, 0.717) is 31.5 Å². The lowest BCUT2D eigenvalue weighted by Gasteiger charge is -2.23. The topological polar surface area (TPSA) is 226 Å². The Morgan fingerprint density at radius 2 is 1.69 bits per heavy atom. The second kappa shape index (κ2) is 14.4. The lowest BCUT2D eigenvalue weighted by Crippen LogP contribution is -2.58. The minimum atomic E-state index is -1.44. The number of imidazole rings is 1. The predicted molar refractivity (Wildman–Crippen MR) is 118 cm³/mol. The van der Waals surface area contributed by atoms with Crippen molar-refractivity contribution in [3.8, 4) is 0 Å². The average molecular weight is 474 g/mol. The number of thiol groups is 1. The van der Waals surface area contributed by atoms with E-state index in [9.17, 15) is 29.4 Å². The van der Waals surface area contributed by atoms with Crippen LogP contribution in [-0.2, 0) is 25.6 Å². The van der Waals surface area contributed by atoms with E-state index in [2.05, 4.69) is 38.5 Å². The fourth-order valence-corrected chi connectivity index (χ4v) is 2.92. The van der Waals surface area contributed by atoms with Crippen LogP contribution in [0.1, 0.15) is 25.0 Å². The monoisotopic (exact) mass is 473 g/mol. The first kappa shape index (κ1) is 27.4. The molecule has 4 atom stereocenters. The number of rotatable bonds is 15. The fourth-order valence-electron chi connectivity index (χ4n) is 2.67. The van der Waals surface area contributed by atoms with E-state index in [1.165, 1.54) is 12.5 Å². The molecule has 0 radical (unpaired) electrons. The van der Waals surface area contributed by atoms with Gasteiger partial charge in [-0.15, -0.1) is 0 Å². The number of nitrogens with one attached hydrogen (secondary N) is 4. The number of nitrogens with two attached hydrogens (primary N) is 2. The highest BCUT2D eigenvalue weighted by molar-refractivity contribution is 7.80. The molecule has 14 heteroatoms. The number of aliphatic hydroxyl groups is 1. The Balaban J connectivity index is 2.67. The highest BCUT2D eigenvalue weighted by Gasteiger charge is 2.29. The van der Waals surface area contributed by atoms with Crippen molar-refractivity contribution in [1.29, 1.82) is 0 Å². The number of aliphatic carboxylic acids is 1. The van der Waals surface area contributed by atoms with E-state index < -0.39 is 54.5 Å². The van der Waals surface area contributed by atoms with E-state index in [4.69, 9.17) is 11.5 Å². The van der Waals surface area contributed by atoms with Crippen LogP contribution >= 0.6 is 12.6 Å². The number of aromatic nitrogens is 2. The zero-order valence-corrected chi connectivity index (χ0v) is 18.4. The lowest BCUT2D eigenvalue weighted by molar-refractivity contribution is -0.142. The second-order valence-corrected chi connectivity index (χ2v) is 7.42. The number of amides is 3. The zero-order valence-electron chi connectivity index (χ0n) is 17.5. The van der Waals surface area contributed by atoms with Gasteiger partial charge in [-0.25, -0.2) is 9.78 Å². The van der Waals surface area contributed by atoms with Crippen LogP contribution in [0, 0.1) is 0 Å². The third-order valence-electron chi connectivity index (χ3n) is 4.53. The molecule has 3 amide bonds. The standard InChI is InChI=1S/C18H31N7O6S/c19-4-2-1-3-11(20)15(27)25-14(8-32)17(29)24-13(7-26)16(28)23-12(18(30)31)5-10-6-21-9-22-10/h6,9,11-14,26,32H,1-5,7-8,19-20H2,(H,21,22)(H,23,28)(H,24,29)(H,25,27)(H,30,31). The molecule has 32 heavy (non-hydrogen) atoms. The summed E-state index contributed by atoms with van der Waals surface area (Å²) in [6.07, 6.45) is 4.45. The molecule has 1 aromatic rings. The first-order chi connectivity index (χ1) is 15.2. The van der Waals surface area contributed by atoms with Gasteiger partial charge >= 0.3 is 5.97 Å². The molecular formula is C18H31N7O6S. The molecule has 1 rings (SSSR count).